The number of nitrogens with zero attached hydrogens (tertiary/aromatic N) is 2. The van der Waals surface area contributed by atoms with Gasteiger partial charge < -0.3 is 16.4 Å². The molecule has 1 saturated carbocycles. The van der Waals surface area contributed by atoms with Crippen LogP contribution in [0.1, 0.15) is 36.9 Å². The first-order chi connectivity index (χ1) is 7.83. The number of fused-ring (bicyclic) bond motifs is 1. The number of nitrogen functional groups attached to an aromatic ring is 1. The van der Waals surface area contributed by atoms with Gasteiger partial charge in [0.2, 0.25) is 5.95 Å². The van der Waals surface area contributed by atoms with Crippen molar-refractivity contribution >= 4 is 11.8 Å². The van der Waals surface area contributed by atoms with E-state index in [-0.39, 0.29) is 0 Å². The van der Waals surface area contributed by atoms with E-state index < -0.39 is 0 Å². The largest absolute Gasteiger partial charge is 0.368 e. The zero-order chi connectivity index (χ0) is 11.0. The van der Waals surface area contributed by atoms with Crippen molar-refractivity contribution in [3.8, 4) is 0 Å². The lowest BCUT2D eigenvalue weighted by atomic mass is 10.2. The lowest BCUT2D eigenvalue weighted by Crippen LogP contribution is -2.18. The first-order valence-electron chi connectivity index (χ1n) is 5.95. The molecule has 1 aliphatic carbocycles. The Hall–Kier alpha value is -1.36. The molecule has 0 atom stereocenters. The number of hydrogen-bond donors (Lipinski definition) is 3. The molecule has 0 radical (unpaired) electrons. The summed E-state index contributed by atoms with van der Waals surface area (Å²) in [5, 5.41) is 6.79. The van der Waals surface area contributed by atoms with E-state index in [1.807, 2.05) is 0 Å². The van der Waals surface area contributed by atoms with Crippen LogP contribution < -0.4 is 16.4 Å². The van der Waals surface area contributed by atoms with Crippen molar-refractivity contribution in [3.05, 3.63) is 11.3 Å². The topological polar surface area (TPSA) is 75.9 Å². The Bertz CT molecular complexity index is 398. The molecule has 86 valence electrons. The van der Waals surface area contributed by atoms with E-state index in [2.05, 4.69) is 20.6 Å². The fraction of sp³-hybridized carbons (Fsp3) is 0.636. The van der Waals surface area contributed by atoms with Crippen LogP contribution in [0.5, 0.6) is 0 Å². The van der Waals surface area contributed by atoms with Gasteiger partial charge in [0.1, 0.15) is 5.82 Å². The van der Waals surface area contributed by atoms with Crippen LogP contribution in [0.3, 0.4) is 0 Å². The van der Waals surface area contributed by atoms with Gasteiger partial charge in [0.05, 0.1) is 5.69 Å². The van der Waals surface area contributed by atoms with Crippen LogP contribution >= 0.6 is 0 Å². The predicted octanol–water partition coefficient (Wildman–Crippen LogP) is 1.02. The molecule has 0 unspecified atom stereocenters. The van der Waals surface area contributed by atoms with E-state index in [0.717, 1.165) is 24.6 Å². The summed E-state index contributed by atoms with van der Waals surface area (Å²) in [6.45, 7) is 1.66. The SMILES string of the molecule is Nc1nc2c(c(NC3CCCC3)n1)CNC2. The summed E-state index contributed by atoms with van der Waals surface area (Å²) in [7, 11) is 0. The molecule has 4 N–H and O–H groups in total. The summed E-state index contributed by atoms with van der Waals surface area (Å²) in [5.41, 5.74) is 7.96. The fourth-order valence-electron chi connectivity index (χ4n) is 2.57. The molecule has 16 heavy (non-hydrogen) atoms. The number of rotatable bonds is 2. The van der Waals surface area contributed by atoms with E-state index >= 15 is 0 Å². The predicted molar refractivity (Wildman–Crippen MR) is 62.9 cm³/mol. The van der Waals surface area contributed by atoms with Gasteiger partial charge in [0.25, 0.3) is 0 Å². The summed E-state index contributed by atoms with van der Waals surface area (Å²) in [6, 6.07) is 0.569. The standard InChI is InChI=1S/C11H17N5/c12-11-15-9-6-13-5-8(9)10(16-11)14-7-3-1-2-4-7/h7,13H,1-6H2,(H3,12,14,15,16). The Labute approximate surface area is 94.9 Å². The molecular formula is C11H17N5. The highest BCUT2D eigenvalue weighted by Gasteiger charge is 2.21. The quantitative estimate of drug-likeness (QED) is 0.692. The molecule has 0 aromatic carbocycles. The van der Waals surface area contributed by atoms with Crippen molar-refractivity contribution in [2.24, 2.45) is 0 Å². The van der Waals surface area contributed by atoms with Crippen molar-refractivity contribution in [2.45, 2.75) is 44.8 Å². The van der Waals surface area contributed by atoms with Crippen molar-refractivity contribution in [1.29, 1.82) is 0 Å². The lowest BCUT2D eigenvalue weighted by Gasteiger charge is -2.15. The van der Waals surface area contributed by atoms with Gasteiger partial charge in [0, 0.05) is 24.7 Å². The summed E-state index contributed by atoms with van der Waals surface area (Å²) in [6.07, 6.45) is 5.12. The van der Waals surface area contributed by atoms with Crippen molar-refractivity contribution < 1.29 is 0 Å². The smallest absolute Gasteiger partial charge is 0.222 e. The first kappa shape index (κ1) is 9.84. The molecular weight excluding hydrogens is 202 g/mol. The zero-order valence-electron chi connectivity index (χ0n) is 9.29. The van der Waals surface area contributed by atoms with Gasteiger partial charge >= 0.3 is 0 Å². The molecule has 3 rings (SSSR count). The third-order valence-electron chi connectivity index (χ3n) is 3.40. The number of aromatic nitrogens is 2. The maximum absolute atomic E-state index is 5.72. The minimum Gasteiger partial charge on any atom is -0.368 e. The number of anilines is 2. The first-order valence-corrected chi connectivity index (χ1v) is 5.95. The van der Waals surface area contributed by atoms with Gasteiger partial charge in [-0.1, -0.05) is 12.8 Å². The molecule has 1 fully saturated rings. The molecule has 1 aromatic heterocycles. The highest BCUT2D eigenvalue weighted by molar-refractivity contribution is 5.51. The second-order valence-electron chi connectivity index (χ2n) is 4.58. The lowest BCUT2D eigenvalue weighted by molar-refractivity contribution is 0.742. The molecule has 5 heteroatoms. The highest BCUT2D eigenvalue weighted by Crippen LogP contribution is 2.26. The van der Waals surface area contributed by atoms with Crippen LogP contribution in [0.15, 0.2) is 0 Å². The van der Waals surface area contributed by atoms with E-state index in [4.69, 9.17) is 5.73 Å². The van der Waals surface area contributed by atoms with Gasteiger partial charge in [-0.25, -0.2) is 4.98 Å². The van der Waals surface area contributed by atoms with Crippen LogP contribution in [-0.4, -0.2) is 16.0 Å². The molecule has 2 heterocycles. The third-order valence-corrected chi connectivity index (χ3v) is 3.40. The molecule has 0 amide bonds. The fourth-order valence-corrected chi connectivity index (χ4v) is 2.57. The average Bonchev–Trinajstić information content (AvgIpc) is 2.87. The Kier molecular flexibility index (Phi) is 2.40. The van der Waals surface area contributed by atoms with E-state index in [0.29, 0.717) is 12.0 Å². The van der Waals surface area contributed by atoms with Crippen molar-refractivity contribution in [1.82, 2.24) is 15.3 Å². The second-order valence-corrected chi connectivity index (χ2v) is 4.58. The van der Waals surface area contributed by atoms with Crippen LogP contribution in [-0.2, 0) is 13.1 Å². The number of nitrogens with one attached hydrogen (secondary N) is 2. The van der Waals surface area contributed by atoms with Crippen LogP contribution in [0.2, 0.25) is 0 Å². The van der Waals surface area contributed by atoms with Crippen molar-refractivity contribution in [3.63, 3.8) is 0 Å². The molecule has 1 aliphatic heterocycles. The Morgan fingerprint density at radius 1 is 1.19 bits per heavy atom. The Balaban J connectivity index is 1.87. The number of nitrogens with two attached hydrogens (primary N) is 1. The van der Waals surface area contributed by atoms with E-state index in [1.165, 1.54) is 31.2 Å². The van der Waals surface area contributed by atoms with Gasteiger partial charge in [-0.05, 0) is 12.8 Å². The summed E-state index contributed by atoms with van der Waals surface area (Å²) in [5.74, 6) is 1.32. The molecule has 0 saturated heterocycles. The van der Waals surface area contributed by atoms with Crippen LogP contribution in [0.25, 0.3) is 0 Å². The maximum Gasteiger partial charge on any atom is 0.222 e. The Morgan fingerprint density at radius 2 is 2.00 bits per heavy atom. The highest BCUT2D eigenvalue weighted by atomic mass is 15.1. The summed E-state index contributed by atoms with van der Waals surface area (Å²) in [4.78, 5) is 8.58. The number of hydrogen-bond acceptors (Lipinski definition) is 5. The molecule has 2 aliphatic rings. The van der Waals surface area contributed by atoms with E-state index in [9.17, 15) is 0 Å². The van der Waals surface area contributed by atoms with Crippen LogP contribution in [0.4, 0.5) is 11.8 Å². The van der Waals surface area contributed by atoms with E-state index in [1.54, 1.807) is 0 Å². The average molecular weight is 219 g/mol. The monoisotopic (exact) mass is 219 g/mol. The molecule has 5 nitrogen and oxygen atoms in total. The summed E-state index contributed by atoms with van der Waals surface area (Å²) >= 11 is 0. The maximum atomic E-state index is 5.72. The molecule has 0 bridgehead atoms. The molecule has 0 spiro atoms. The zero-order valence-corrected chi connectivity index (χ0v) is 9.29. The summed E-state index contributed by atoms with van der Waals surface area (Å²) < 4.78 is 0. The van der Waals surface area contributed by atoms with Gasteiger partial charge in [-0.15, -0.1) is 0 Å². The normalized spacial score (nSPS) is 20.0. The van der Waals surface area contributed by atoms with Gasteiger partial charge in [0.15, 0.2) is 0 Å². The molecule has 1 aromatic rings. The minimum atomic E-state index is 0.378. The van der Waals surface area contributed by atoms with Gasteiger partial charge in [-0.2, -0.15) is 4.98 Å². The Morgan fingerprint density at radius 3 is 2.81 bits per heavy atom. The third kappa shape index (κ3) is 1.71. The van der Waals surface area contributed by atoms with Crippen LogP contribution in [0, 0.1) is 0 Å². The second kappa shape index (κ2) is 3.90. The van der Waals surface area contributed by atoms with Crippen molar-refractivity contribution in [2.75, 3.05) is 11.1 Å². The van der Waals surface area contributed by atoms with Gasteiger partial charge in [-0.3, -0.25) is 0 Å². The minimum absolute atomic E-state index is 0.378.